The molecule has 0 radical (unpaired) electrons. The Balaban J connectivity index is 2.11. The molecule has 1 fully saturated rings. The summed E-state index contributed by atoms with van der Waals surface area (Å²) >= 11 is 5.93. The van der Waals surface area contributed by atoms with E-state index in [1.165, 1.54) is 12.8 Å². The number of ether oxygens (including phenoxy) is 1. The summed E-state index contributed by atoms with van der Waals surface area (Å²) in [4.78, 5) is 11.0. The van der Waals surface area contributed by atoms with Crippen molar-refractivity contribution in [3.05, 3.63) is 28.8 Å². The minimum absolute atomic E-state index is 0.287. The first-order valence-electron chi connectivity index (χ1n) is 5.43. The van der Waals surface area contributed by atoms with Gasteiger partial charge in [0.05, 0.1) is 16.7 Å². The van der Waals surface area contributed by atoms with Crippen LogP contribution >= 0.6 is 11.6 Å². The lowest BCUT2D eigenvalue weighted by Crippen LogP contribution is -2.13. The van der Waals surface area contributed by atoms with Crippen LogP contribution in [-0.2, 0) is 0 Å². The number of halogens is 1. The summed E-state index contributed by atoms with van der Waals surface area (Å²) in [6.07, 6.45) is 4.91. The summed E-state index contributed by atoms with van der Waals surface area (Å²) in [7, 11) is 0. The lowest BCUT2D eigenvalue weighted by molar-refractivity contribution is 0.100. The van der Waals surface area contributed by atoms with Crippen molar-refractivity contribution in [2.24, 2.45) is 5.73 Å². The predicted molar refractivity (Wildman–Crippen MR) is 62.9 cm³/mol. The molecule has 2 rings (SSSR count). The third kappa shape index (κ3) is 2.47. The average molecular weight is 240 g/mol. The first-order chi connectivity index (χ1) is 7.66. The van der Waals surface area contributed by atoms with Crippen LogP contribution in [0.15, 0.2) is 18.2 Å². The fraction of sp³-hybridized carbons (Fsp3) is 0.417. The summed E-state index contributed by atoms with van der Waals surface area (Å²) < 4.78 is 5.75. The number of benzene rings is 1. The molecule has 1 amide bonds. The van der Waals surface area contributed by atoms with Crippen LogP contribution in [0.1, 0.15) is 36.0 Å². The Morgan fingerprint density at radius 3 is 2.62 bits per heavy atom. The Hall–Kier alpha value is -1.22. The van der Waals surface area contributed by atoms with E-state index in [0.717, 1.165) is 12.8 Å². The SMILES string of the molecule is NC(=O)c1ccc(OC2CCCC2)cc1Cl. The highest BCUT2D eigenvalue weighted by molar-refractivity contribution is 6.33. The van der Waals surface area contributed by atoms with Crippen LogP contribution in [0.3, 0.4) is 0 Å². The Morgan fingerprint density at radius 2 is 2.06 bits per heavy atom. The molecule has 1 aliphatic rings. The van der Waals surface area contributed by atoms with Crippen LogP contribution in [0.25, 0.3) is 0 Å². The van der Waals surface area contributed by atoms with Crippen LogP contribution in [0.4, 0.5) is 0 Å². The van der Waals surface area contributed by atoms with Crippen LogP contribution < -0.4 is 10.5 Å². The summed E-state index contributed by atoms with van der Waals surface area (Å²) in [5.74, 6) is 0.194. The highest BCUT2D eigenvalue weighted by Crippen LogP contribution is 2.27. The van der Waals surface area contributed by atoms with Gasteiger partial charge in [-0.2, -0.15) is 0 Å². The molecule has 2 N–H and O–H groups in total. The van der Waals surface area contributed by atoms with Crippen molar-refractivity contribution in [1.29, 1.82) is 0 Å². The predicted octanol–water partition coefficient (Wildman–Crippen LogP) is 2.76. The quantitative estimate of drug-likeness (QED) is 0.882. The number of hydrogen-bond acceptors (Lipinski definition) is 2. The molecule has 0 heterocycles. The number of nitrogens with two attached hydrogens (primary N) is 1. The molecule has 3 nitrogen and oxygen atoms in total. The van der Waals surface area contributed by atoms with Gasteiger partial charge in [-0.25, -0.2) is 0 Å². The number of primary amides is 1. The lowest BCUT2D eigenvalue weighted by Gasteiger charge is -2.13. The smallest absolute Gasteiger partial charge is 0.250 e. The highest BCUT2D eigenvalue weighted by Gasteiger charge is 2.17. The molecule has 1 saturated carbocycles. The molecule has 86 valence electrons. The fourth-order valence-corrected chi connectivity index (χ4v) is 2.23. The zero-order chi connectivity index (χ0) is 11.5. The number of hydrogen-bond donors (Lipinski definition) is 1. The monoisotopic (exact) mass is 239 g/mol. The summed E-state index contributed by atoms with van der Waals surface area (Å²) in [5, 5.41) is 0.350. The number of amides is 1. The zero-order valence-electron chi connectivity index (χ0n) is 8.91. The van der Waals surface area contributed by atoms with Gasteiger partial charge in [-0.3, -0.25) is 4.79 Å². The van der Waals surface area contributed by atoms with Crippen LogP contribution in [-0.4, -0.2) is 12.0 Å². The summed E-state index contributed by atoms with van der Waals surface area (Å²) in [5.41, 5.74) is 5.50. The van der Waals surface area contributed by atoms with E-state index in [9.17, 15) is 4.79 Å². The number of carbonyl (C=O) groups is 1. The Bertz CT molecular complexity index is 400. The van der Waals surface area contributed by atoms with E-state index < -0.39 is 5.91 Å². The zero-order valence-corrected chi connectivity index (χ0v) is 9.67. The van der Waals surface area contributed by atoms with Gasteiger partial charge in [0.1, 0.15) is 5.75 Å². The van der Waals surface area contributed by atoms with E-state index in [4.69, 9.17) is 22.1 Å². The van der Waals surface area contributed by atoms with Gasteiger partial charge in [0.15, 0.2) is 0 Å². The van der Waals surface area contributed by atoms with E-state index in [1.807, 2.05) is 0 Å². The van der Waals surface area contributed by atoms with E-state index in [1.54, 1.807) is 18.2 Å². The fourth-order valence-electron chi connectivity index (χ4n) is 1.97. The maximum atomic E-state index is 11.0. The van der Waals surface area contributed by atoms with Crippen LogP contribution in [0.2, 0.25) is 5.02 Å². The second-order valence-electron chi connectivity index (χ2n) is 4.03. The summed E-state index contributed by atoms with van der Waals surface area (Å²) in [6, 6.07) is 5.00. The molecule has 4 heteroatoms. The van der Waals surface area contributed by atoms with E-state index >= 15 is 0 Å². The molecule has 0 spiro atoms. The molecule has 1 aliphatic carbocycles. The average Bonchev–Trinajstić information content (AvgIpc) is 2.70. The lowest BCUT2D eigenvalue weighted by atomic mass is 10.2. The van der Waals surface area contributed by atoms with Crippen LogP contribution in [0, 0.1) is 0 Å². The molecule has 0 bridgehead atoms. The second kappa shape index (κ2) is 4.74. The van der Waals surface area contributed by atoms with Crippen molar-refractivity contribution in [3.8, 4) is 5.75 Å². The van der Waals surface area contributed by atoms with Gasteiger partial charge in [0.2, 0.25) is 5.91 Å². The van der Waals surface area contributed by atoms with Gasteiger partial charge < -0.3 is 10.5 Å². The normalized spacial score (nSPS) is 16.3. The minimum Gasteiger partial charge on any atom is -0.490 e. The Labute approximate surface area is 99.5 Å². The van der Waals surface area contributed by atoms with E-state index in [2.05, 4.69) is 0 Å². The first-order valence-corrected chi connectivity index (χ1v) is 5.80. The molecular weight excluding hydrogens is 226 g/mol. The molecule has 1 aromatic rings. The largest absolute Gasteiger partial charge is 0.490 e. The summed E-state index contributed by atoms with van der Waals surface area (Å²) in [6.45, 7) is 0. The van der Waals surface area contributed by atoms with Crippen molar-refractivity contribution >= 4 is 17.5 Å². The standard InChI is InChI=1S/C12H14ClNO2/c13-11-7-9(5-6-10(11)12(14)15)16-8-3-1-2-4-8/h5-8H,1-4H2,(H2,14,15). The number of rotatable bonds is 3. The highest BCUT2D eigenvalue weighted by atomic mass is 35.5. The van der Waals surface area contributed by atoms with Crippen molar-refractivity contribution in [2.75, 3.05) is 0 Å². The van der Waals surface area contributed by atoms with E-state index in [-0.39, 0.29) is 6.10 Å². The van der Waals surface area contributed by atoms with E-state index in [0.29, 0.717) is 16.3 Å². The second-order valence-corrected chi connectivity index (χ2v) is 4.44. The van der Waals surface area contributed by atoms with Gasteiger partial charge in [-0.1, -0.05) is 11.6 Å². The van der Waals surface area contributed by atoms with Crippen molar-refractivity contribution in [2.45, 2.75) is 31.8 Å². The molecule has 0 unspecified atom stereocenters. The molecule has 1 aromatic carbocycles. The third-order valence-electron chi connectivity index (χ3n) is 2.81. The Morgan fingerprint density at radius 1 is 1.38 bits per heavy atom. The van der Waals surface area contributed by atoms with Crippen molar-refractivity contribution in [3.63, 3.8) is 0 Å². The molecule has 16 heavy (non-hydrogen) atoms. The molecular formula is C12H14ClNO2. The van der Waals surface area contributed by atoms with Gasteiger partial charge >= 0.3 is 0 Å². The minimum atomic E-state index is -0.516. The van der Waals surface area contributed by atoms with Crippen molar-refractivity contribution in [1.82, 2.24) is 0 Å². The third-order valence-corrected chi connectivity index (χ3v) is 3.12. The van der Waals surface area contributed by atoms with Crippen LogP contribution in [0.5, 0.6) is 5.75 Å². The van der Waals surface area contributed by atoms with Gasteiger partial charge in [0, 0.05) is 0 Å². The molecule has 0 aromatic heterocycles. The van der Waals surface area contributed by atoms with Gasteiger partial charge in [-0.15, -0.1) is 0 Å². The first kappa shape index (κ1) is 11.3. The van der Waals surface area contributed by atoms with Gasteiger partial charge in [-0.05, 0) is 43.9 Å². The maximum absolute atomic E-state index is 11.0. The molecule has 0 aliphatic heterocycles. The van der Waals surface area contributed by atoms with Gasteiger partial charge in [0.25, 0.3) is 0 Å². The Kier molecular flexibility index (Phi) is 3.34. The number of carbonyl (C=O) groups excluding carboxylic acids is 1. The molecule has 0 atom stereocenters. The van der Waals surface area contributed by atoms with Crippen molar-refractivity contribution < 1.29 is 9.53 Å². The molecule has 0 saturated heterocycles. The maximum Gasteiger partial charge on any atom is 0.250 e. The topological polar surface area (TPSA) is 52.3 Å².